The molecule has 5 amide bonds. The van der Waals surface area contributed by atoms with Crippen LogP contribution in [0.5, 0.6) is 0 Å². The smallest absolute Gasteiger partial charge is 0.319 e. The van der Waals surface area contributed by atoms with Gasteiger partial charge in [0.05, 0.1) is 11.5 Å². The molecule has 152 valence electrons. The van der Waals surface area contributed by atoms with Crippen LogP contribution in [0.1, 0.15) is 26.7 Å². The lowest BCUT2D eigenvalue weighted by molar-refractivity contribution is -0.133. The second-order valence-electron chi connectivity index (χ2n) is 8.86. The van der Waals surface area contributed by atoms with Gasteiger partial charge in [-0.05, 0) is 18.8 Å². The molecule has 0 bridgehead atoms. The fourth-order valence-corrected chi connectivity index (χ4v) is 4.96. The van der Waals surface area contributed by atoms with E-state index in [2.05, 4.69) is 19.2 Å². The molecular formula is C19H33N5O3. The van der Waals surface area contributed by atoms with Crippen molar-refractivity contribution in [3.63, 3.8) is 0 Å². The van der Waals surface area contributed by atoms with E-state index in [0.717, 1.165) is 12.8 Å². The molecule has 8 heteroatoms. The van der Waals surface area contributed by atoms with Crippen LogP contribution in [0.4, 0.5) is 9.59 Å². The molecule has 0 radical (unpaired) electrons. The standard InChI is InChI=1S/C19H33N5O3/c1-13(2)10-20-17(26)23-8-6-19(7-9-23)15-12-24(18(27)21(3)4)11-14(15)16(25)22(19)5/h13-15H,6-12H2,1-5H3,(H,20,26)/t14-,15+/m1/s1. The zero-order valence-electron chi connectivity index (χ0n) is 17.2. The summed E-state index contributed by atoms with van der Waals surface area (Å²) in [4.78, 5) is 44.8. The van der Waals surface area contributed by atoms with Crippen molar-refractivity contribution in [1.82, 2.24) is 24.9 Å². The van der Waals surface area contributed by atoms with E-state index in [1.165, 1.54) is 0 Å². The van der Waals surface area contributed by atoms with E-state index in [-0.39, 0.29) is 35.3 Å². The van der Waals surface area contributed by atoms with E-state index in [4.69, 9.17) is 0 Å². The zero-order valence-corrected chi connectivity index (χ0v) is 17.2. The Morgan fingerprint density at radius 2 is 1.81 bits per heavy atom. The van der Waals surface area contributed by atoms with Crippen LogP contribution in [-0.4, -0.2) is 97.0 Å². The van der Waals surface area contributed by atoms with E-state index in [0.29, 0.717) is 38.6 Å². The summed E-state index contributed by atoms with van der Waals surface area (Å²) in [6, 6.07) is -0.0431. The fraction of sp³-hybridized carbons (Fsp3) is 0.842. The maximum Gasteiger partial charge on any atom is 0.319 e. The van der Waals surface area contributed by atoms with Crippen molar-refractivity contribution in [1.29, 1.82) is 0 Å². The first kappa shape index (κ1) is 19.8. The Kier molecular flexibility index (Phi) is 5.27. The Morgan fingerprint density at radius 1 is 1.19 bits per heavy atom. The van der Waals surface area contributed by atoms with Crippen LogP contribution in [-0.2, 0) is 4.79 Å². The molecule has 2 atom stereocenters. The van der Waals surface area contributed by atoms with Gasteiger partial charge >= 0.3 is 12.1 Å². The van der Waals surface area contributed by atoms with Crippen LogP contribution in [0.15, 0.2) is 0 Å². The lowest BCUT2D eigenvalue weighted by Crippen LogP contribution is -2.58. The fourth-order valence-electron chi connectivity index (χ4n) is 4.96. The third-order valence-corrected chi connectivity index (χ3v) is 6.56. The van der Waals surface area contributed by atoms with Crippen LogP contribution in [0.2, 0.25) is 0 Å². The lowest BCUT2D eigenvalue weighted by atomic mass is 9.75. The second kappa shape index (κ2) is 7.20. The number of hydrogen-bond acceptors (Lipinski definition) is 3. The summed E-state index contributed by atoms with van der Waals surface area (Å²) in [5.74, 6) is 0.606. The Morgan fingerprint density at radius 3 is 2.37 bits per heavy atom. The first-order chi connectivity index (χ1) is 12.7. The number of carbonyl (C=O) groups excluding carboxylic acids is 3. The minimum Gasteiger partial charge on any atom is -0.339 e. The van der Waals surface area contributed by atoms with Gasteiger partial charge in [-0.25, -0.2) is 9.59 Å². The first-order valence-electron chi connectivity index (χ1n) is 9.94. The molecule has 3 aliphatic heterocycles. The molecule has 0 aliphatic carbocycles. The molecule has 3 saturated heterocycles. The highest BCUT2D eigenvalue weighted by Gasteiger charge is 2.61. The van der Waals surface area contributed by atoms with Gasteiger partial charge in [-0.3, -0.25) is 4.79 Å². The monoisotopic (exact) mass is 379 g/mol. The van der Waals surface area contributed by atoms with Crippen molar-refractivity contribution in [2.45, 2.75) is 32.2 Å². The van der Waals surface area contributed by atoms with E-state index in [9.17, 15) is 14.4 Å². The lowest BCUT2D eigenvalue weighted by Gasteiger charge is -2.46. The molecule has 0 unspecified atom stereocenters. The van der Waals surface area contributed by atoms with Crippen molar-refractivity contribution < 1.29 is 14.4 Å². The molecule has 0 aromatic carbocycles. The quantitative estimate of drug-likeness (QED) is 0.774. The third-order valence-electron chi connectivity index (χ3n) is 6.56. The molecule has 1 N–H and O–H groups in total. The summed E-state index contributed by atoms with van der Waals surface area (Å²) < 4.78 is 0. The first-order valence-corrected chi connectivity index (χ1v) is 9.94. The van der Waals surface area contributed by atoms with Gasteiger partial charge in [0.2, 0.25) is 5.91 Å². The molecule has 8 nitrogen and oxygen atoms in total. The number of nitrogens with zero attached hydrogens (tertiary/aromatic N) is 4. The second-order valence-corrected chi connectivity index (χ2v) is 8.86. The number of fused-ring (bicyclic) bond motifs is 2. The van der Waals surface area contributed by atoms with E-state index < -0.39 is 0 Å². The SMILES string of the molecule is CC(C)CNC(=O)N1CCC2(CC1)[C@H]1CN(C(=O)N(C)C)C[C@H]1C(=O)N2C. The van der Waals surface area contributed by atoms with E-state index in [1.54, 1.807) is 19.0 Å². The Labute approximate surface area is 161 Å². The predicted octanol–water partition coefficient (Wildman–Crippen LogP) is 0.888. The van der Waals surface area contributed by atoms with Gasteiger partial charge in [0, 0.05) is 59.8 Å². The van der Waals surface area contributed by atoms with Crippen LogP contribution in [0.3, 0.4) is 0 Å². The number of hydrogen-bond donors (Lipinski definition) is 1. The Bertz CT molecular complexity index is 612. The number of amides is 5. The van der Waals surface area contributed by atoms with E-state index >= 15 is 0 Å². The van der Waals surface area contributed by atoms with Gasteiger partial charge in [-0.15, -0.1) is 0 Å². The summed E-state index contributed by atoms with van der Waals surface area (Å²) in [5, 5.41) is 2.98. The van der Waals surface area contributed by atoms with Crippen LogP contribution in [0, 0.1) is 17.8 Å². The van der Waals surface area contributed by atoms with Crippen molar-refractivity contribution in [2.24, 2.45) is 17.8 Å². The molecule has 0 saturated carbocycles. The molecule has 0 aromatic rings. The summed E-state index contributed by atoms with van der Waals surface area (Å²) in [5.41, 5.74) is -0.238. The predicted molar refractivity (Wildman–Crippen MR) is 102 cm³/mol. The molecule has 0 aromatic heterocycles. The minimum absolute atomic E-state index is 0.0158. The summed E-state index contributed by atoms with van der Waals surface area (Å²) in [6.07, 6.45) is 1.55. The van der Waals surface area contributed by atoms with Gasteiger partial charge in [0.1, 0.15) is 0 Å². The molecule has 3 heterocycles. The normalized spacial score (nSPS) is 26.7. The zero-order chi connectivity index (χ0) is 19.9. The van der Waals surface area contributed by atoms with Gasteiger partial charge < -0.3 is 24.9 Å². The average molecular weight is 380 g/mol. The Hall–Kier alpha value is -1.99. The summed E-state index contributed by atoms with van der Waals surface area (Å²) in [6.45, 7) is 7.24. The largest absolute Gasteiger partial charge is 0.339 e. The molecule has 3 fully saturated rings. The number of piperidine rings is 1. The van der Waals surface area contributed by atoms with E-state index in [1.807, 2.05) is 21.7 Å². The van der Waals surface area contributed by atoms with Crippen LogP contribution >= 0.6 is 0 Å². The minimum atomic E-state index is -0.238. The maximum atomic E-state index is 12.9. The van der Waals surface area contributed by atoms with Crippen molar-refractivity contribution in [3.8, 4) is 0 Å². The van der Waals surface area contributed by atoms with Gasteiger partial charge in [-0.1, -0.05) is 13.8 Å². The molecule has 3 rings (SSSR count). The molecule has 1 spiro atoms. The van der Waals surface area contributed by atoms with Crippen molar-refractivity contribution >= 4 is 18.0 Å². The Balaban J connectivity index is 1.68. The summed E-state index contributed by atoms with van der Waals surface area (Å²) in [7, 11) is 5.38. The molecule has 27 heavy (non-hydrogen) atoms. The van der Waals surface area contributed by atoms with Crippen LogP contribution in [0.25, 0.3) is 0 Å². The number of rotatable bonds is 2. The number of carbonyl (C=O) groups is 3. The topological polar surface area (TPSA) is 76.2 Å². The summed E-state index contributed by atoms with van der Waals surface area (Å²) >= 11 is 0. The number of nitrogens with one attached hydrogen (secondary N) is 1. The van der Waals surface area contributed by atoms with Crippen molar-refractivity contribution in [2.75, 3.05) is 53.9 Å². The maximum absolute atomic E-state index is 12.9. The molecular weight excluding hydrogens is 346 g/mol. The van der Waals surface area contributed by atoms with Crippen molar-refractivity contribution in [3.05, 3.63) is 0 Å². The number of likely N-dealkylation sites (tertiary alicyclic amines) is 3. The third kappa shape index (κ3) is 3.34. The highest BCUT2D eigenvalue weighted by molar-refractivity contribution is 5.85. The highest BCUT2D eigenvalue weighted by atomic mass is 16.2. The highest BCUT2D eigenvalue weighted by Crippen LogP contribution is 2.49. The molecule has 3 aliphatic rings. The van der Waals surface area contributed by atoms with Crippen LogP contribution < -0.4 is 5.32 Å². The average Bonchev–Trinajstić information content (AvgIpc) is 3.15. The number of urea groups is 2. The van der Waals surface area contributed by atoms with Gasteiger partial charge in [-0.2, -0.15) is 0 Å². The van der Waals surface area contributed by atoms with Gasteiger partial charge in [0.25, 0.3) is 0 Å². The van der Waals surface area contributed by atoms with Gasteiger partial charge in [0.15, 0.2) is 0 Å².